The zero-order chi connectivity index (χ0) is 33.0. The Morgan fingerprint density at radius 3 is 1.54 bits per heavy atom. The second kappa shape index (κ2) is 11.5. The van der Waals surface area contributed by atoms with E-state index in [0.29, 0.717) is 0 Å². The molecule has 0 fully saturated rings. The van der Waals surface area contributed by atoms with E-state index in [2.05, 4.69) is 203 Å². The third-order valence-corrected chi connectivity index (χ3v) is 10.1. The molecule has 0 radical (unpaired) electrons. The van der Waals surface area contributed by atoms with Crippen LogP contribution in [0.4, 0.5) is 0 Å². The van der Waals surface area contributed by atoms with E-state index in [9.17, 15) is 0 Å². The van der Waals surface area contributed by atoms with E-state index in [-0.39, 0.29) is 0 Å². The van der Waals surface area contributed by atoms with Crippen molar-refractivity contribution < 1.29 is 0 Å². The van der Waals surface area contributed by atoms with Crippen LogP contribution in [0.2, 0.25) is 0 Å². The maximum atomic E-state index is 2.47. The smallest absolute Gasteiger partial charge is 0.0641 e. The van der Waals surface area contributed by atoms with Crippen LogP contribution in [0, 0.1) is 0 Å². The molecule has 8 aromatic carbocycles. The summed E-state index contributed by atoms with van der Waals surface area (Å²) in [6, 6.07) is 70.4. The van der Waals surface area contributed by atoms with Crippen LogP contribution in [0.15, 0.2) is 194 Å². The Labute approximate surface area is 290 Å². The van der Waals surface area contributed by atoms with E-state index in [1.807, 2.05) is 0 Å². The van der Waals surface area contributed by atoms with Crippen LogP contribution in [-0.2, 0) is 0 Å². The number of nitrogens with zero attached hydrogens (tertiary/aromatic N) is 2. The molecule has 0 spiro atoms. The van der Waals surface area contributed by atoms with Crippen molar-refractivity contribution in [1.82, 2.24) is 9.13 Å². The van der Waals surface area contributed by atoms with Crippen LogP contribution in [0.1, 0.15) is 0 Å². The second-order valence-corrected chi connectivity index (χ2v) is 12.9. The van der Waals surface area contributed by atoms with E-state index in [0.717, 1.165) is 11.4 Å². The highest BCUT2D eigenvalue weighted by Crippen LogP contribution is 2.43. The molecule has 2 aromatic heterocycles. The minimum Gasteiger partial charge on any atom is -0.309 e. The first-order valence-electron chi connectivity index (χ1n) is 17.2. The molecule has 0 aliphatic heterocycles. The Hall–Kier alpha value is -6.64. The highest BCUT2D eigenvalue weighted by atomic mass is 15.0. The quantitative estimate of drug-likeness (QED) is 0.178. The molecule has 2 heteroatoms. The molecule has 50 heavy (non-hydrogen) atoms. The van der Waals surface area contributed by atoms with Gasteiger partial charge in [-0.2, -0.15) is 0 Å². The lowest BCUT2D eigenvalue weighted by Gasteiger charge is -2.16. The molecule has 0 amide bonds. The lowest BCUT2D eigenvalue weighted by molar-refractivity contribution is 1.17. The third kappa shape index (κ3) is 4.43. The van der Waals surface area contributed by atoms with Gasteiger partial charge in [0.2, 0.25) is 0 Å². The van der Waals surface area contributed by atoms with E-state index in [1.54, 1.807) is 0 Å². The van der Waals surface area contributed by atoms with Gasteiger partial charge in [-0.3, -0.25) is 0 Å². The van der Waals surface area contributed by atoms with Crippen molar-refractivity contribution in [2.24, 2.45) is 0 Å². The van der Waals surface area contributed by atoms with Crippen molar-refractivity contribution >= 4 is 43.6 Å². The minimum atomic E-state index is 1.14. The highest BCUT2D eigenvalue weighted by molar-refractivity contribution is 6.26. The van der Waals surface area contributed by atoms with Gasteiger partial charge in [-0.05, 0) is 81.9 Å². The Bertz CT molecular complexity index is 2840. The maximum Gasteiger partial charge on any atom is 0.0641 e. The predicted octanol–water partition coefficient (Wildman–Crippen LogP) is 12.9. The highest BCUT2D eigenvalue weighted by Gasteiger charge is 2.21. The van der Waals surface area contributed by atoms with E-state index >= 15 is 0 Å². The second-order valence-electron chi connectivity index (χ2n) is 12.9. The molecule has 0 bridgehead atoms. The fourth-order valence-corrected chi connectivity index (χ4v) is 7.93. The van der Waals surface area contributed by atoms with Crippen molar-refractivity contribution in [3.8, 4) is 44.8 Å². The van der Waals surface area contributed by atoms with Crippen LogP contribution in [0.25, 0.3) is 88.4 Å². The Morgan fingerprint density at radius 1 is 0.280 bits per heavy atom. The van der Waals surface area contributed by atoms with Crippen LogP contribution in [0.5, 0.6) is 0 Å². The van der Waals surface area contributed by atoms with Gasteiger partial charge in [-0.25, -0.2) is 0 Å². The summed E-state index contributed by atoms with van der Waals surface area (Å²) >= 11 is 0. The van der Waals surface area contributed by atoms with Crippen molar-refractivity contribution in [1.29, 1.82) is 0 Å². The van der Waals surface area contributed by atoms with E-state index < -0.39 is 0 Å². The van der Waals surface area contributed by atoms with Gasteiger partial charge >= 0.3 is 0 Å². The SMILES string of the molecule is c1ccc(-c2cc(-c3ccccc3-c3ccccc3)cc(-n3c4ccccc4c4c3ccc3c5ccccc5n(-c5ccccc5)c34)c2)cc1. The van der Waals surface area contributed by atoms with Crippen LogP contribution in [-0.4, -0.2) is 9.13 Å². The normalized spacial score (nSPS) is 11.6. The molecular formula is C48H32N2. The van der Waals surface area contributed by atoms with Gasteiger partial charge in [0.1, 0.15) is 0 Å². The number of para-hydroxylation sites is 3. The van der Waals surface area contributed by atoms with Gasteiger partial charge in [-0.1, -0.05) is 146 Å². The Morgan fingerprint density at radius 2 is 0.820 bits per heavy atom. The summed E-state index contributed by atoms with van der Waals surface area (Å²) < 4.78 is 4.92. The van der Waals surface area contributed by atoms with Crippen molar-refractivity contribution in [3.63, 3.8) is 0 Å². The molecule has 2 nitrogen and oxygen atoms in total. The average molecular weight is 637 g/mol. The monoisotopic (exact) mass is 636 g/mol. The lowest BCUT2D eigenvalue weighted by atomic mass is 9.92. The molecular weight excluding hydrogens is 605 g/mol. The molecule has 0 saturated carbocycles. The van der Waals surface area contributed by atoms with Crippen LogP contribution < -0.4 is 0 Å². The number of hydrogen-bond donors (Lipinski definition) is 0. The van der Waals surface area contributed by atoms with Crippen molar-refractivity contribution in [2.75, 3.05) is 0 Å². The summed E-state index contributed by atoms with van der Waals surface area (Å²) in [5.74, 6) is 0. The van der Waals surface area contributed by atoms with Gasteiger partial charge in [0.15, 0.2) is 0 Å². The number of benzene rings is 8. The van der Waals surface area contributed by atoms with Crippen molar-refractivity contribution in [3.05, 3.63) is 194 Å². The fourth-order valence-electron chi connectivity index (χ4n) is 7.93. The standard InChI is InChI=1S/C48H32N2/c1-4-16-33(17-5-1)35-30-36(40-23-11-10-22-39(40)34-18-6-2-7-19-34)32-38(31-35)49-45-27-15-13-25-43(45)47-46(49)29-28-42-41-24-12-14-26-44(41)50(48(42)47)37-20-8-3-9-21-37/h1-32H. The molecule has 0 unspecified atom stereocenters. The molecule has 0 saturated heterocycles. The summed E-state index contributed by atoms with van der Waals surface area (Å²) in [6.45, 7) is 0. The van der Waals surface area contributed by atoms with Gasteiger partial charge in [0.25, 0.3) is 0 Å². The predicted molar refractivity (Wildman–Crippen MR) is 211 cm³/mol. The molecule has 0 atom stereocenters. The molecule has 0 aliphatic carbocycles. The summed E-state index contributed by atoms with van der Waals surface area (Å²) in [5.41, 5.74) is 14.3. The van der Waals surface area contributed by atoms with Gasteiger partial charge in [-0.15, -0.1) is 0 Å². The Balaban J connectivity index is 1.32. The van der Waals surface area contributed by atoms with Crippen LogP contribution in [0.3, 0.4) is 0 Å². The number of fused-ring (bicyclic) bond motifs is 7. The average Bonchev–Trinajstić information content (AvgIpc) is 3.72. The Kier molecular flexibility index (Phi) is 6.53. The molecule has 234 valence electrons. The number of aromatic nitrogens is 2. The summed E-state index contributed by atoms with van der Waals surface area (Å²) in [7, 11) is 0. The molecule has 0 N–H and O–H groups in total. The summed E-state index contributed by atoms with van der Waals surface area (Å²) in [5, 5.41) is 5.02. The fraction of sp³-hybridized carbons (Fsp3) is 0. The number of rotatable bonds is 5. The minimum absolute atomic E-state index is 1.14. The first-order valence-corrected chi connectivity index (χ1v) is 17.2. The van der Waals surface area contributed by atoms with Crippen molar-refractivity contribution in [2.45, 2.75) is 0 Å². The van der Waals surface area contributed by atoms with Crippen LogP contribution >= 0.6 is 0 Å². The van der Waals surface area contributed by atoms with E-state index in [4.69, 9.17) is 0 Å². The van der Waals surface area contributed by atoms with Gasteiger partial charge in [0.05, 0.1) is 22.1 Å². The van der Waals surface area contributed by atoms with Gasteiger partial charge in [0, 0.05) is 32.9 Å². The summed E-state index contributed by atoms with van der Waals surface area (Å²) in [6.07, 6.45) is 0. The third-order valence-electron chi connectivity index (χ3n) is 10.1. The lowest BCUT2D eigenvalue weighted by Crippen LogP contribution is -1.97. The molecule has 2 heterocycles. The maximum absolute atomic E-state index is 2.47. The molecule has 0 aliphatic rings. The van der Waals surface area contributed by atoms with E-state index in [1.165, 1.54) is 77.0 Å². The molecule has 10 rings (SSSR count). The topological polar surface area (TPSA) is 9.86 Å². The van der Waals surface area contributed by atoms with Gasteiger partial charge < -0.3 is 9.13 Å². The largest absolute Gasteiger partial charge is 0.309 e. The molecule has 10 aromatic rings. The zero-order valence-corrected chi connectivity index (χ0v) is 27.4. The first kappa shape index (κ1) is 28.4. The summed E-state index contributed by atoms with van der Waals surface area (Å²) in [4.78, 5) is 0. The first-order chi connectivity index (χ1) is 24.8. The number of hydrogen-bond acceptors (Lipinski definition) is 0. The zero-order valence-electron chi connectivity index (χ0n) is 27.4.